The Bertz CT molecular complexity index is 595. The maximum atomic E-state index is 12.4. The van der Waals surface area contributed by atoms with Gasteiger partial charge in [-0.25, -0.2) is 4.98 Å². The summed E-state index contributed by atoms with van der Waals surface area (Å²) < 4.78 is 7.23. The lowest BCUT2D eigenvalue weighted by atomic mass is 10.0. The van der Waals surface area contributed by atoms with Crippen LogP contribution in [0.1, 0.15) is 44.0 Å². The van der Waals surface area contributed by atoms with E-state index in [4.69, 9.17) is 4.42 Å². The number of aliphatic hydroxyl groups is 1. The molecule has 1 aliphatic rings. The minimum Gasteiger partial charge on any atom is -0.467 e. The number of aliphatic hydroxyl groups excluding tert-OH is 1. The van der Waals surface area contributed by atoms with Crippen LogP contribution in [0, 0.1) is 0 Å². The summed E-state index contributed by atoms with van der Waals surface area (Å²) in [6.45, 7) is 1.60. The number of carbonyl (C=O) groups excluding carboxylic acids is 1. The molecule has 3 heterocycles. The molecule has 2 atom stereocenters. The lowest BCUT2D eigenvalue weighted by molar-refractivity contribution is -0.132. The highest BCUT2D eigenvalue weighted by Crippen LogP contribution is 2.28. The fraction of sp³-hybridized carbons (Fsp3) is 0.529. The summed E-state index contributed by atoms with van der Waals surface area (Å²) in [5.74, 6) is 0.753. The Balaban J connectivity index is 1.48. The van der Waals surface area contributed by atoms with Crippen LogP contribution in [-0.2, 0) is 11.3 Å². The second kappa shape index (κ2) is 7.46. The zero-order valence-corrected chi connectivity index (χ0v) is 13.2. The van der Waals surface area contributed by atoms with E-state index in [-0.39, 0.29) is 11.9 Å². The Morgan fingerprint density at radius 3 is 3.17 bits per heavy atom. The quantitative estimate of drug-likeness (QED) is 0.851. The minimum absolute atomic E-state index is 0.107. The van der Waals surface area contributed by atoms with E-state index < -0.39 is 6.10 Å². The smallest absolute Gasteiger partial charge is 0.222 e. The summed E-state index contributed by atoms with van der Waals surface area (Å²) in [7, 11) is 0. The molecule has 1 amide bonds. The first-order chi connectivity index (χ1) is 11.2. The molecule has 0 bridgehead atoms. The second-order valence-corrected chi connectivity index (χ2v) is 6.05. The van der Waals surface area contributed by atoms with Crippen LogP contribution in [0.15, 0.2) is 41.5 Å². The Morgan fingerprint density at radius 1 is 1.52 bits per heavy atom. The standard InChI is InChI=1S/C17H23N3O3/c21-15(16-5-3-11-23-16)12-14-4-1-9-20(14)17(22)6-2-8-19-10-7-18-13-19/h3,5,7,10-11,13-15,21H,1-2,4,6,8-9,12H2. The van der Waals surface area contributed by atoms with Crippen molar-refractivity contribution in [1.82, 2.24) is 14.5 Å². The first kappa shape index (κ1) is 15.8. The number of rotatable bonds is 7. The molecule has 2 aromatic rings. The van der Waals surface area contributed by atoms with Gasteiger partial charge in [-0.1, -0.05) is 0 Å². The van der Waals surface area contributed by atoms with E-state index in [2.05, 4.69) is 4.98 Å². The minimum atomic E-state index is -0.644. The monoisotopic (exact) mass is 317 g/mol. The normalized spacial score (nSPS) is 19.2. The summed E-state index contributed by atoms with van der Waals surface area (Å²) in [6.07, 6.45) is 10.2. The molecule has 1 fully saturated rings. The molecule has 0 spiro atoms. The molecule has 6 heteroatoms. The third kappa shape index (κ3) is 4.01. The molecule has 124 valence electrons. The molecule has 1 saturated heterocycles. The van der Waals surface area contributed by atoms with E-state index >= 15 is 0 Å². The van der Waals surface area contributed by atoms with Gasteiger partial charge in [0, 0.05) is 44.4 Å². The third-order valence-corrected chi connectivity index (χ3v) is 4.43. The average Bonchev–Trinajstić information content (AvgIpc) is 3.29. The first-order valence-electron chi connectivity index (χ1n) is 8.20. The number of furan rings is 1. The third-order valence-electron chi connectivity index (χ3n) is 4.43. The largest absolute Gasteiger partial charge is 0.467 e. The molecule has 1 aliphatic heterocycles. The van der Waals surface area contributed by atoms with Crippen LogP contribution in [0.3, 0.4) is 0 Å². The van der Waals surface area contributed by atoms with Crippen molar-refractivity contribution in [3.63, 3.8) is 0 Å². The van der Waals surface area contributed by atoms with Crippen molar-refractivity contribution in [2.24, 2.45) is 0 Å². The van der Waals surface area contributed by atoms with Gasteiger partial charge in [0.25, 0.3) is 0 Å². The van der Waals surface area contributed by atoms with Gasteiger partial charge in [0.15, 0.2) is 0 Å². The van der Waals surface area contributed by atoms with Gasteiger partial charge in [-0.2, -0.15) is 0 Å². The summed E-state index contributed by atoms with van der Waals surface area (Å²) in [5.41, 5.74) is 0. The SMILES string of the molecule is O=C(CCCn1ccnc1)N1CCCC1CC(O)c1ccco1. The highest BCUT2D eigenvalue weighted by Gasteiger charge is 2.30. The zero-order chi connectivity index (χ0) is 16.1. The number of amides is 1. The fourth-order valence-corrected chi connectivity index (χ4v) is 3.24. The van der Waals surface area contributed by atoms with E-state index in [0.717, 1.165) is 32.4 Å². The summed E-state index contributed by atoms with van der Waals surface area (Å²) in [5, 5.41) is 10.2. The van der Waals surface area contributed by atoms with Gasteiger partial charge in [0.2, 0.25) is 5.91 Å². The van der Waals surface area contributed by atoms with E-state index in [1.807, 2.05) is 15.7 Å². The van der Waals surface area contributed by atoms with Crippen molar-refractivity contribution in [2.45, 2.75) is 50.8 Å². The Labute approximate surface area is 135 Å². The van der Waals surface area contributed by atoms with Gasteiger partial charge >= 0.3 is 0 Å². The lowest BCUT2D eigenvalue weighted by Crippen LogP contribution is -2.36. The molecular formula is C17H23N3O3. The lowest BCUT2D eigenvalue weighted by Gasteiger charge is -2.26. The van der Waals surface area contributed by atoms with Gasteiger partial charge in [0.1, 0.15) is 11.9 Å². The maximum Gasteiger partial charge on any atom is 0.222 e. The molecule has 0 aliphatic carbocycles. The van der Waals surface area contributed by atoms with E-state index in [1.54, 1.807) is 30.9 Å². The molecule has 0 radical (unpaired) electrons. The second-order valence-electron chi connectivity index (χ2n) is 6.05. The van der Waals surface area contributed by atoms with Crippen molar-refractivity contribution < 1.29 is 14.3 Å². The van der Waals surface area contributed by atoms with E-state index in [9.17, 15) is 9.90 Å². The maximum absolute atomic E-state index is 12.4. The van der Waals surface area contributed by atoms with Gasteiger partial charge < -0.3 is 19.0 Å². The fourth-order valence-electron chi connectivity index (χ4n) is 3.24. The van der Waals surface area contributed by atoms with Crippen molar-refractivity contribution in [3.8, 4) is 0 Å². The summed E-state index contributed by atoms with van der Waals surface area (Å²) in [6, 6.07) is 3.65. The molecule has 23 heavy (non-hydrogen) atoms. The summed E-state index contributed by atoms with van der Waals surface area (Å²) >= 11 is 0. The number of carbonyl (C=O) groups is 1. The molecule has 2 aromatic heterocycles. The van der Waals surface area contributed by atoms with Crippen LogP contribution in [-0.4, -0.2) is 38.1 Å². The Kier molecular flexibility index (Phi) is 5.12. The Hall–Kier alpha value is -2.08. The van der Waals surface area contributed by atoms with Crippen LogP contribution >= 0.6 is 0 Å². The number of aryl methyl sites for hydroxylation is 1. The van der Waals surface area contributed by atoms with Crippen molar-refractivity contribution >= 4 is 5.91 Å². The molecule has 0 aromatic carbocycles. The molecule has 3 rings (SSSR count). The average molecular weight is 317 g/mol. The molecular weight excluding hydrogens is 294 g/mol. The number of nitrogens with zero attached hydrogens (tertiary/aromatic N) is 3. The van der Waals surface area contributed by atoms with E-state index in [1.165, 1.54) is 0 Å². The van der Waals surface area contributed by atoms with Gasteiger partial charge in [-0.15, -0.1) is 0 Å². The van der Waals surface area contributed by atoms with Crippen molar-refractivity contribution in [2.75, 3.05) is 6.54 Å². The van der Waals surface area contributed by atoms with Crippen LogP contribution in [0.4, 0.5) is 0 Å². The van der Waals surface area contributed by atoms with Crippen LogP contribution in [0.25, 0.3) is 0 Å². The first-order valence-corrected chi connectivity index (χ1v) is 8.20. The predicted octanol–water partition coefficient (Wildman–Crippen LogP) is 2.37. The number of hydrogen-bond donors (Lipinski definition) is 1. The number of aromatic nitrogens is 2. The van der Waals surface area contributed by atoms with Crippen molar-refractivity contribution in [3.05, 3.63) is 42.9 Å². The molecule has 2 unspecified atom stereocenters. The van der Waals surface area contributed by atoms with E-state index in [0.29, 0.717) is 18.6 Å². The number of imidazole rings is 1. The molecule has 1 N–H and O–H groups in total. The summed E-state index contributed by atoms with van der Waals surface area (Å²) in [4.78, 5) is 18.4. The van der Waals surface area contributed by atoms with Crippen molar-refractivity contribution in [1.29, 1.82) is 0 Å². The topological polar surface area (TPSA) is 71.5 Å². The zero-order valence-electron chi connectivity index (χ0n) is 13.2. The Morgan fingerprint density at radius 2 is 2.43 bits per heavy atom. The molecule has 6 nitrogen and oxygen atoms in total. The predicted molar refractivity (Wildman–Crippen MR) is 84.5 cm³/mol. The highest BCUT2D eigenvalue weighted by atomic mass is 16.4. The van der Waals surface area contributed by atoms with Gasteiger partial charge in [0.05, 0.1) is 12.6 Å². The van der Waals surface area contributed by atoms with Gasteiger partial charge in [-0.05, 0) is 31.4 Å². The number of likely N-dealkylation sites (tertiary alicyclic amines) is 1. The number of hydrogen-bond acceptors (Lipinski definition) is 4. The van der Waals surface area contributed by atoms with Gasteiger partial charge in [-0.3, -0.25) is 4.79 Å². The van der Waals surface area contributed by atoms with Crippen LogP contribution in [0.5, 0.6) is 0 Å². The van der Waals surface area contributed by atoms with Crippen LogP contribution < -0.4 is 0 Å². The van der Waals surface area contributed by atoms with Crippen LogP contribution in [0.2, 0.25) is 0 Å². The highest BCUT2D eigenvalue weighted by molar-refractivity contribution is 5.76. The molecule has 0 saturated carbocycles.